The van der Waals surface area contributed by atoms with Crippen LogP contribution in [0.1, 0.15) is 0 Å². The third kappa shape index (κ3) is 4.05. The molecule has 0 saturated carbocycles. The van der Waals surface area contributed by atoms with E-state index in [9.17, 15) is 0 Å². The number of aromatic nitrogens is 3. The highest BCUT2D eigenvalue weighted by molar-refractivity contribution is 6.22. The lowest BCUT2D eigenvalue weighted by molar-refractivity contribution is 0.670. The fraction of sp³-hybridized carbons (Fsp3) is 0. The molecule has 0 bridgehead atoms. The summed E-state index contributed by atoms with van der Waals surface area (Å²) < 4.78 is 6.46. The molecule has 8 rings (SSSR count). The van der Waals surface area contributed by atoms with Gasteiger partial charge in [0.15, 0.2) is 17.5 Å². The second-order valence-electron chi connectivity index (χ2n) is 10.1. The van der Waals surface area contributed by atoms with Crippen LogP contribution in [-0.4, -0.2) is 15.0 Å². The van der Waals surface area contributed by atoms with Crippen molar-refractivity contribution in [2.24, 2.45) is 0 Å². The molecule has 0 N–H and O–H groups in total. The van der Waals surface area contributed by atoms with Crippen molar-refractivity contribution < 1.29 is 4.42 Å². The molecule has 4 nitrogen and oxygen atoms in total. The molecular formula is C37H23N3O. The molecule has 0 aliphatic heterocycles. The van der Waals surface area contributed by atoms with Gasteiger partial charge in [0, 0.05) is 33.0 Å². The second-order valence-corrected chi connectivity index (χ2v) is 10.1. The molecule has 41 heavy (non-hydrogen) atoms. The van der Waals surface area contributed by atoms with E-state index in [1.54, 1.807) is 0 Å². The van der Waals surface area contributed by atoms with Gasteiger partial charge in [0.1, 0.15) is 11.2 Å². The summed E-state index contributed by atoms with van der Waals surface area (Å²) in [6.45, 7) is 0. The minimum atomic E-state index is 0.636. The highest BCUT2D eigenvalue weighted by Gasteiger charge is 2.17. The third-order valence-corrected chi connectivity index (χ3v) is 7.52. The Bertz CT molecular complexity index is 2130. The Labute approximate surface area is 236 Å². The lowest BCUT2D eigenvalue weighted by Gasteiger charge is -2.10. The highest BCUT2D eigenvalue weighted by atomic mass is 16.3. The van der Waals surface area contributed by atoms with Crippen LogP contribution in [0.4, 0.5) is 0 Å². The average molecular weight is 526 g/mol. The maximum Gasteiger partial charge on any atom is 0.164 e. The van der Waals surface area contributed by atoms with E-state index < -0.39 is 0 Å². The van der Waals surface area contributed by atoms with Gasteiger partial charge >= 0.3 is 0 Å². The van der Waals surface area contributed by atoms with Crippen molar-refractivity contribution in [3.63, 3.8) is 0 Å². The topological polar surface area (TPSA) is 51.8 Å². The molecule has 0 unspecified atom stereocenters. The molecule has 0 saturated heterocycles. The number of hydrogen-bond acceptors (Lipinski definition) is 4. The summed E-state index contributed by atoms with van der Waals surface area (Å²) in [6, 6.07) is 47.5. The van der Waals surface area contributed by atoms with Crippen molar-refractivity contribution in [1.29, 1.82) is 0 Å². The molecule has 0 aliphatic carbocycles. The van der Waals surface area contributed by atoms with Crippen LogP contribution in [0.25, 0.3) is 78.0 Å². The van der Waals surface area contributed by atoms with E-state index in [4.69, 9.17) is 19.4 Å². The quantitative estimate of drug-likeness (QED) is 0.230. The maximum atomic E-state index is 6.46. The van der Waals surface area contributed by atoms with Gasteiger partial charge in [0.25, 0.3) is 0 Å². The van der Waals surface area contributed by atoms with Crippen molar-refractivity contribution in [3.8, 4) is 45.3 Å². The van der Waals surface area contributed by atoms with Crippen LogP contribution in [0, 0.1) is 0 Å². The summed E-state index contributed by atoms with van der Waals surface area (Å²) in [5, 5.41) is 4.66. The first-order chi connectivity index (χ1) is 20.3. The Morgan fingerprint density at radius 2 is 0.902 bits per heavy atom. The molecule has 2 heterocycles. The fourth-order valence-electron chi connectivity index (χ4n) is 5.53. The summed E-state index contributed by atoms with van der Waals surface area (Å²) in [4.78, 5) is 14.6. The van der Waals surface area contributed by atoms with Crippen molar-refractivity contribution >= 4 is 32.7 Å². The van der Waals surface area contributed by atoms with E-state index >= 15 is 0 Å². The molecule has 8 aromatic rings. The summed E-state index contributed by atoms with van der Waals surface area (Å²) in [6.07, 6.45) is 0. The number of benzene rings is 6. The SMILES string of the molecule is c1ccc(-c2nc(-c3ccccc3)nc(-c3ccc(-c4cc5ccccc5c5c4oc4ccccc45)cc3)n2)cc1. The molecule has 0 amide bonds. The third-order valence-electron chi connectivity index (χ3n) is 7.52. The second kappa shape index (κ2) is 9.54. The van der Waals surface area contributed by atoms with Gasteiger partial charge < -0.3 is 4.42 Å². The molecule has 0 spiro atoms. The summed E-state index contributed by atoms with van der Waals surface area (Å²) in [5.74, 6) is 1.94. The molecular weight excluding hydrogens is 502 g/mol. The molecule has 0 radical (unpaired) electrons. The Morgan fingerprint density at radius 1 is 0.415 bits per heavy atom. The predicted molar refractivity (Wildman–Crippen MR) is 166 cm³/mol. The first kappa shape index (κ1) is 23.3. The van der Waals surface area contributed by atoms with E-state index in [0.717, 1.165) is 49.8 Å². The number of hydrogen-bond donors (Lipinski definition) is 0. The smallest absolute Gasteiger partial charge is 0.164 e. The monoisotopic (exact) mass is 525 g/mol. The first-order valence-corrected chi connectivity index (χ1v) is 13.6. The van der Waals surface area contributed by atoms with Gasteiger partial charge in [-0.1, -0.05) is 127 Å². The molecule has 192 valence electrons. The summed E-state index contributed by atoms with van der Waals surface area (Å²) in [7, 11) is 0. The minimum Gasteiger partial charge on any atom is -0.455 e. The van der Waals surface area contributed by atoms with E-state index in [1.165, 1.54) is 10.8 Å². The summed E-state index contributed by atoms with van der Waals surface area (Å²) >= 11 is 0. The van der Waals surface area contributed by atoms with Gasteiger partial charge in [-0.05, 0) is 28.5 Å². The number of rotatable bonds is 4. The molecule has 6 aromatic carbocycles. The average Bonchev–Trinajstić information content (AvgIpc) is 3.45. The van der Waals surface area contributed by atoms with Gasteiger partial charge in [-0.3, -0.25) is 0 Å². The van der Waals surface area contributed by atoms with Gasteiger partial charge in [0.05, 0.1) is 0 Å². The van der Waals surface area contributed by atoms with Crippen LogP contribution in [0.3, 0.4) is 0 Å². The lowest BCUT2D eigenvalue weighted by atomic mass is 9.96. The highest BCUT2D eigenvalue weighted by Crippen LogP contribution is 2.41. The standard InChI is InChI=1S/C37H23N3O/c1-3-11-25(12-4-1)35-38-36(26-13-5-2-6-14-26)40-37(39-35)27-21-19-24(20-22-27)31-23-28-15-7-8-16-29(28)33-30-17-9-10-18-32(30)41-34(31)33/h1-23H. The van der Waals surface area contributed by atoms with Gasteiger partial charge in [-0.25, -0.2) is 15.0 Å². The lowest BCUT2D eigenvalue weighted by Crippen LogP contribution is -2.00. The van der Waals surface area contributed by atoms with Gasteiger partial charge in [-0.2, -0.15) is 0 Å². The number of fused-ring (bicyclic) bond motifs is 5. The van der Waals surface area contributed by atoms with E-state index in [2.05, 4.69) is 66.7 Å². The molecule has 2 aromatic heterocycles. The van der Waals surface area contributed by atoms with Crippen molar-refractivity contribution in [3.05, 3.63) is 140 Å². The van der Waals surface area contributed by atoms with Crippen molar-refractivity contribution in [2.45, 2.75) is 0 Å². The van der Waals surface area contributed by atoms with Crippen LogP contribution in [0.5, 0.6) is 0 Å². The first-order valence-electron chi connectivity index (χ1n) is 13.6. The van der Waals surface area contributed by atoms with Crippen LogP contribution in [0.2, 0.25) is 0 Å². The molecule has 0 fully saturated rings. The van der Waals surface area contributed by atoms with Gasteiger partial charge in [-0.15, -0.1) is 0 Å². The largest absolute Gasteiger partial charge is 0.455 e. The Hall–Kier alpha value is -5.61. The zero-order chi connectivity index (χ0) is 27.2. The van der Waals surface area contributed by atoms with Crippen molar-refractivity contribution in [1.82, 2.24) is 15.0 Å². The zero-order valence-electron chi connectivity index (χ0n) is 22.0. The normalized spacial score (nSPS) is 11.4. The van der Waals surface area contributed by atoms with E-state index in [0.29, 0.717) is 17.5 Å². The number of furan rings is 1. The number of para-hydroxylation sites is 1. The van der Waals surface area contributed by atoms with Crippen molar-refractivity contribution in [2.75, 3.05) is 0 Å². The van der Waals surface area contributed by atoms with Crippen LogP contribution < -0.4 is 0 Å². The maximum absolute atomic E-state index is 6.46. The van der Waals surface area contributed by atoms with Crippen LogP contribution >= 0.6 is 0 Å². The zero-order valence-corrected chi connectivity index (χ0v) is 22.0. The van der Waals surface area contributed by atoms with Crippen LogP contribution in [0.15, 0.2) is 144 Å². The molecule has 0 aliphatic rings. The summed E-state index contributed by atoms with van der Waals surface area (Å²) in [5.41, 5.74) is 6.75. The predicted octanol–water partition coefficient (Wildman–Crippen LogP) is 9.59. The number of nitrogens with zero attached hydrogens (tertiary/aromatic N) is 3. The van der Waals surface area contributed by atoms with Gasteiger partial charge in [0.2, 0.25) is 0 Å². The van der Waals surface area contributed by atoms with Crippen LogP contribution in [-0.2, 0) is 0 Å². The fourth-order valence-corrected chi connectivity index (χ4v) is 5.53. The molecule has 0 atom stereocenters. The Balaban J connectivity index is 1.28. The Morgan fingerprint density at radius 3 is 1.54 bits per heavy atom. The minimum absolute atomic E-state index is 0.636. The molecule has 4 heteroatoms. The Kier molecular flexibility index (Phi) is 5.42. The van der Waals surface area contributed by atoms with E-state index in [-0.39, 0.29) is 0 Å². The van der Waals surface area contributed by atoms with E-state index in [1.807, 2.05) is 72.8 Å².